The molecule has 134 valence electrons. The molecule has 26 heavy (non-hydrogen) atoms. The Labute approximate surface area is 153 Å². The lowest BCUT2D eigenvalue weighted by atomic mass is 10.0. The second-order valence-electron chi connectivity index (χ2n) is 6.72. The summed E-state index contributed by atoms with van der Waals surface area (Å²) in [5.41, 5.74) is 3.94. The highest BCUT2D eigenvalue weighted by Gasteiger charge is 2.18. The topological polar surface area (TPSA) is 64.9 Å². The maximum absolute atomic E-state index is 5.56. The Morgan fingerprint density at radius 2 is 2.00 bits per heavy atom. The molecule has 2 heterocycles. The first-order valence-corrected chi connectivity index (χ1v) is 9.02. The normalized spacial score (nSPS) is 14.5. The van der Waals surface area contributed by atoms with Crippen LogP contribution in [0.1, 0.15) is 43.0 Å². The minimum absolute atomic E-state index is 0.569. The van der Waals surface area contributed by atoms with Crippen LogP contribution in [-0.2, 0) is 0 Å². The van der Waals surface area contributed by atoms with Crippen LogP contribution in [0, 0.1) is 6.92 Å². The summed E-state index contributed by atoms with van der Waals surface area (Å²) >= 11 is 0. The molecule has 0 amide bonds. The van der Waals surface area contributed by atoms with Gasteiger partial charge < -0.3 is 14.6 Å². The molecular formula is C20H23N5O. The predicted molar refractivity (Wildman–Crippen MR) is 101 cm³/mol. The summed E-state index contributed by atoms with van der Waals surface area (Å²) in [7, 11) is 1.67. The Balaban J connectivity index is 1.58. The van der Waals surface area contributed by atoms with E-state index in [4.69, 9.17) is 9.72 Å². The third kappa shape index (κ3) is 3.40. The van der Waals surface area contributed by atoms with E-state index < -0.39 is 0 Å². The molecule has 1 fully saturated rings. The van der Waals surface area contributed by atoms with E-state index in [2.05, 4.69) is 15.3 Å². The standard InChI is InChI=1S/C20H23N5O/c1-14-12-25(13-22-14)18-8-7-16(11-19(18)26-2)23-20-21-10-9-17(24-20)15-5-3-4-6-15/h7-13,15H,3-6H2,1-2H3,(H,21,23,24). The summed E-state index contributed by atoms with van der Waals surface area (Å²) in [5, 5.41) is 3.30. The van der Waals surface area contributed by atoms with Gasteiger partial charge in [0.05, 0.1) is 24.8 Å². The van der Waals surface area contributed by atoms with Gasteiger partial charge in [-0.3, -0.25) is 0 Å². The number of aryl methyl sites for hydroxylation is 1. The van der Waals surface area contributed by atoms with E-state index in [-0.39, 0.29) is 0 Å². The maximum atomic E-state index is 5.56. The molecular weight excluding hydrogens is 326 g/mol. The number of nitrogens with zero attached hydrogens (tertiary/aromatic N) is 4. The number of methoxy groups -OCH3 is 1. The van der Waals surface area contributed by atoms with Crippen molar-refractivity contribution in [3.05, 3.63) is 54.4 Å². The summed E-state index contributed by atoms with van der Waals surface area (Å²) in [6, 6.07) is 7.99. The van der Waals surface area contributed by atoms with Gasteiger partial charge in [0.25, 0.3) is 0 Å². The molecule has 3 aromatic rings. The fourth-order valence-electron chi connectivity index (χ4n) is 3.53. The largest absolute Gasteiger partial charge is 0.494 e. The SMILES string of the molecule is COc1cc(Nc2nccc(C3CCCC3)n2)ccc1-n1cnc(C)c1. The zero-order valence-electron chi connectivity index (χ0n) is 15.1. The number of hydrogen-bond donors (Lipinski definition) is 1. The molecule has 1 aromatic carbocycles. The summed E-state index contributed by atoms with van der Waals surface area (Å²) in [4.78, 5) is 13.4. The number of benzene rings is 1. The second-order valence-corrected chi connectivity index (χ2v) is 6.72. The monoisotopic (exact) mass is 349 g/mol. The van der Waals surface area contributed by atoms with Gasteiger partial charge in [0.15, 0.2) is 0 Å². The van der Waals surface area contributed by atoms with E-state index in [1.807, 2.05) is 48.1 Å². The van der Waals surface area contributed by atoms with Crippen molar-refractivity contribution in [3.8, 4) is 11.4 Å². The van der Waals surface area contributed by atoms with Gasteiger partial charge in [0.2, 0.25) is 5.95 Å². The van der Waals surface area contributed by atoms with Crippen LogP contribution in [0.5, 0.6) is 5.75 Å². The minimum Gasteiger partial charge on any atom is -0.494 e. The molecule has 0 saturated heterocycles. The molecule has 1 saturated carbocycles. The lowest BCUT2D eigenvalue weighted by Gasteiger charge is -2.13. The van der Waals surface area contributed by atoms with Crippen LogP contribution in [0.15, 0.2) is 43.0 Å². The molecule has 4 rings (SSSR count). The van der Waals surface area contributed by atoms with Crippen LogP contribution in [0.2, 0.25) is 0 Å². The average Bonchev–Trinajstić information content (AvgIpc) is 3.34. The smallest absolute Gasteiger partial charge is 0.227 e. The van der Waals surface area contributed by atoms with Crippen molar-refractivity contribution in [2.24, 2.45) is 0 Å². The first-order chi connectivity index (χ1) is 12.7. The van der Waals surface area contributed by atoms with Crippen LogP contribution in [0.25, 0.3) is 5.69 Å². The average molecular weight is 349 g/mol. The highest BCUT2D eigenvalue weighted by Crippen LogP contribution is 2.33. The summed E-state index contributed by atoms with van der Waals surface area (Å²) < 4.78 is 7.52. The van der Waals surface area contributed by atoms with Gasteiger partial charge in [-0.15, -0.1) is 0 Å². The van der Waals surface area contributed by atoms with Crippen LogP contribution in [-0.4, -0.2) is 26.6 Å². The molecule has 2 aromatic heterocycles. The van der Waals surface area contributed by atoms with Crippen molar-refractivity contribution in [2.75, 3.05) is 12.4 Å². The number of imidazole rings is 1. The molecule has 6 nitrogen and oxygen atoms in total. The molecule has 0 unspecified atom stereocenters. The molecule has 6 heteroatoms. The first kappa shape index (κ1) is 16.6. The molecule has 1 aliphatic carbocycles. The fourth-order valence-corrected chi connectivity index (χ4v) is 3.53. The van der Waals surface area contributed by atoms with Gasteiger partial charge in [-0.1, -0.05) is 12.8 Å². The van der Waals surface area contributed by atoms with Gasteiger partial charge in [-0.2, -0.15) is 0 Å². The van der Waals surface area contributed by atoms with E-state index >= 15 is 0 Å². The maximum Gasteiger partial charge on any atom is 0.227 e. The number of hydrogen-bond acceptors (Lipinski definition) is 5. The fraction of sp³-hybridized carbons (Fsp3) is 0.350. The van der Waals surface area contributed by atoms with Gasteiger partial charge in [-0.25, -0.2) is 15.0 Å². The molecule has 0 bridgehead atoms. The molecule has 0 spiro atoms. The van der Waals surface area contributed by atoms with Crippen molar-refractivity contribution in [1.82, 2.24) is 19.5 Å². The van der Waals surface area contributed by atoms with Gasteiger partial charge in [0, 0.05) is 35.8 Å². The molecule has 1 aliphatic rings. The van der Waals surface area contributed by atoms with E-state index in [1.54, 1.807) is 13.4 Å². The molecule has 0 radical (unpaired) electrons. The van der Waals surface area contributed by atoms with Crippen LogP contribution in [0.4, 0.5) is 11.6 Å². The van der Waals surface area contributed by atoms with Crippen molar-refractivity contribution in [3.63, 3.8) is 0 Å². The summed E-state index contributed by atoms with van der Waals surface area (Å²) in [6.07, 6.45) is 10.6. The summed E-state index contributed by atoms with van der Waals surface area (Å²) in [5.74, 6) is 1.96. The lowest BCUT2D eigenvalue weighted by Crippen LogP contribution is -2.03. The van der Waals surface area contributed by atoms with E-state index in [0.29, 0.717) is 11.9 Å². The predicted octanol–water partition coefficient (Wildman–Crippen LogP) is 4.38. The Bertz CT molecular complexity index is 899. The van der Waals surface area contributed by atoms with Crippen molar-refractivity contribution in [2.45, 2.75) is 38.5 Å². The lowest BCUT2D eigenvalue weighted by molar-refractivity contribution is 0.413. The van der Waals surface area contributed by atoms with Crippen molar-refractivity contribution in [1.29, 1.82) is 0 Å². The van der Waals surface area contributed by atoms with Crippen molar-refractivity contribution >= 4 is 11.6 Å². The molecule has 0 aliphatic heterocycles. The third-order valence-electron chi connectivity index (χ3n) is 4.88. The zero-order chi connectivity index (χ0) is 17.9. The Morgan fingerprint density at radius 3 is 2.73 bits per heavy atom. The minimum atomic E-state index is 0.569. The van der Waals surface area contributed by atoms with Crippen molar-refractivity contribution < 1.29 is 4.74 Å². The van der Waals surface area contributed by atoms with E-state index in [0.717, 1.165) is 28.5 Å². The Kier molecular flexibility index (Phi) is 4.56. The second kappa shape index (κ2) is 7.15. The highest BCUT2D eigenvalue weighted by atomic mass is 16.5. The van der Waals surface area contributed by atoms with E-state index in [1.165, 1.54) is 25.7 Å². The first-order valence-electron chi connectivity index (χ1n) is 9.02. The van der Waals surface area contributed by atoms with Gasteiger partial charge in [0.1, 0.15) is 5.75 Å². The Hall–Kier alpha value is -2.89. The third-order valence-corrected chi connectivity index (χ3v) is 4.88. The zero-order valence-corrected chi connectivity index (χ0v) is 15.1. The quantitative estimate of drug-likeness (QED) is 0.740. The molecule has 0 atom stereocenters. The van der Waals surface area contributed by atoms with Gasteiger partial charge >= 0.3 is 0 Å². The number of nitrogens with one attached hydrogen (secondary N) is 1. The Morgan fingerprint density at radius 1 is 1.15 bits per heavy atom. The molecule has 1 N–H and O–H groups in total. The number of aromatic nitrogens is 4. The van der Waals surface area contributed by atoms with Gasteiger partial charge in [-0.05, 0) is 38.0 Å². The highest BCUT2D eigenvalue weighted by molar-refractivity contribution is 5.62. The van der Waals surface area contributed by atoms with Crippen LogP contribution in [0.3, 0.4) is 0 Å². The van der Waals surface area contributed by atoms with Crippen LogP contribution < -0.4 is 10.1 Å². The van der Waals surface area contributed by atoms with Crippen LogP contribution >= 0.6 is 0 Å². The van der Waals surface area contributed by atoms with E-state index in [9.17, 15) is 0 Å². The number of anilines is 2. The number of rotatable bonds is 5. The summed E-state index contributed by atoms with van der Waals surface area (Å²) in [6.45, 7) is 1.97. The number of ether oxygens (including phenoxy) is 1.